The van der Waals surface area contributed by atoms with Crippen LogP contribution >= 0.6 is 37.1 Å². The Kier molecular flexibility index (Phi) is 5.10. The van der Waals surface area contributed by atoms with Gasteiger partial charge in [-0.25, -0.2) is 11.3 Å². The molecule has 0 aliphatic heterocycles. The monoisotopic (exact) mass is 288 g/mol. The van der Waals surface area contributed by atoms with Crippen LogP contribution in [0.25, 0.3) is 0 Å². The first-order valence-corrected chi connectivity index (χ1v) is 12.6. The quantitative estimate of drug-likeness (QED) is 0.714. The van der Waals surface area contributed by atoms with Gasteiger partial charge in [0, 0.05) is 0 Å². The molecule has 1 aromatic rings. The number of halogens is 2. The van der Waals surface area contributed by atoms with Gasteiger partial charge >= 0.3 is 36.4 Å². The number of rotatable bonds is 2. The van der Waals surface area contributed by atoms with Crippen LogP contribution in [0.5, 0.6) is 0 Å². The van der Waals surface area contributed by atoms with Crippen molar-refractivity contribution in [3.8, 4) is 0 Å². The molecule has 5 heteroatoms. The van der Waals surface area contributed by atoms with Gasteiger partial charge in [0.05, 0.1) is 0 Å². The van der Waals surface area contributed by atoms with Gasteiger partial charge in [-0.3, -0.25) is 25.8 Å². The molecule has 1 rings (SSSR count). The van der Waals surface area contributed by atoms with Crippen molar-refractivity contribution in [2.45, 2.75) is 0 Å². The highest BCUT2D eigenvalue weighted by Gasteiger charge is 2.00. The topological polar surface area (TPSA) is 0 Å². The maximum Gasteiger partial charge on any atom is 0.521 e. The van der Waals surface area contributed by atoms with E-state index in [0.717, 1.165) is 0 Å². The van der Waals surface area contributed by atoms with Crippen LogP contribution in [0.4, 0.5) is 0 Å². The van der Waals surface area contributed by atoms with Crippen molar-refractivity contribution in [1.29, 1.82) is 0 Å². The van der Waals surface area contributed by atoms with Gasteiger partial charge < -0.3 is 0 Å². The van der Waals surface area contributed by atoms with Crippen molar-refractivity contribution >= 4 is 79.5 Å². The maximum atomic E-state index is 3.55. The molecule has 0 nitrogen and oxygen atoms in total. The van der Waals surface area contributed by atoms with Crippen molar-refractivity contribution < 1.29 is 0 Å². The summed E-state index contributed by atoms with van der Waals surface area (Å²) in [6.07, 6.45) is 0. The molecule has 1 heterocycles. The number of thiophene rings is 1. The first-order valence-electron chi connectivity index (χ1n) is 2.56. The van der Waals surface area contributed by atoms with Crippen LogP contribution < -0.4 is 6.01 Å². The average Bonchev–Trinajstić information content (AvgIpc) is 2.34. The molecule has 0 amide bonds. The normalized spacial score (nSPS) is 8.22. The van der Waals surface area contributed by atoms with Crippen molar-refractivity contribution in [2.75, 3.05) is 0 Å². The van der Waals surface area contributed by atoms with Crippen LogP contribution in [-0.2, 0) is 0 Å². The summed E-state index contributed by atoms with van der Waals surface area (Å²) in [7, 11) is 0. The predicted molar refractivity (Wildman–Crippen MR) is 52.9 cm³/mol. The van der Waals surface area contributed by atoms with Crippen molar-refractivity contribution in [2.24, 2.45) is 0 Å². The van der Waals surface area contributed by atoms with E-state index in [2.05, 4.69) is 37.9 Å². The minimum absolute atomic E-state index is 0.0648. The van der Waals surface area contributed by atoms with E-state index in [4.69, 9.17) is 0 Å². The zero-order chi connectivity index (χ0) is 6.69. The zero-order valence-electron chi connectivity index (χ0n) is 4.73. The molecule has 0 radical (unpaired) electrons. The van der Waals surface area contributed by atoms with Gasteiger partial charge in [-0.05, 0) is 0 Å². The van der Waals surface area contributed by atoms with Crippen LogP contribution in [0.3, 0.4) is 0 Å². The highest BCUT2D eigenvalue weighted by Crippen LogP contribution is 1.93. The predicted octanol–water partition coefficient (Wildman–Crippen LogP) is 1.03. The third-order valence-electron chi connectivity index (χ3n) is 0.981. The van der Waals surface area contributed by atoms with Gasteiger partial charge in [0.15, 0.2) is 0 Å². The third-order valence-corrected chi connectivity index (χ3v) is 10.4. The van der Waals surface area contributed by atoms with Gasteiger partial charge in [0.2, 0.25) is 0 Å². The van der Waals surface area contributed by atoms with Crippen LogP contribution in [0, 0.1) is 0 Å². The summed E-state index contributed by atoms with van der Waals surface area (Å²) in [5.74, 6) is 0. The van der Waals surface area contributed by atoms with Gasteiger partial charge in [-0.2, -0.15) is 0 Å². The first-order chi connectivity index (χ1) is 4.36. The van der Waals surface area contributed by atoms with E-state index >= 15 is 0 Å². The largest absolute Gasteiger partial charge is 0.521 e. The Hall–Kier alpha value is 2.19. The molecule has 0 aliphatic carbocycles. The Bertz CT molecular complexity index is 170. The van der Waals surface area contributed by atoms with E-state index in [1.165, 1.54) is 0 Å². The van der Waals surface area contributed by atoms with Crippen LogP contribution in [0.15, 0.2) is 12.1 Å². The highest BCUT2D eigenvalue weighted by atomic mass is 79.9. The summed E-state index contributed by atoms with van der Waals surface area (Å²) in [6, 6.07) is 4.49. The van der Waals surface area contributed by atoms with E-state index in [9.17, 15) is 0 Å². The molecule has 0 atom stereocenters. The van der Waals surface area contributed by atoms with E-state index in [0.29, 0.717) is 0 Å². The first kappa shape index (κ1) is 9.28. The lowest BCUT2D eigenvalue weighted by Crippen LogP contribution is -2.03. The summed E-state index contributed by atoms with van der Waals surface area (Å²) in [5.41, 5.74) is 0. The summed E-state index contributed by atoms with van der Waals surface area (Å²) >= 11 is 8.93. The second-order valence-electron chi connectivity index (χ2n) is 1.64. The lowest BCUT2D eigenvalue weighted by molar-refractivity contribution is 2.13. The third kappa shape index (κ3) is 2.96. The molecule has 0 aromatic carbocycles. The van der Waals surface area contributed by atoms with Crippen molar-refractivity contribution in [1.82, 2.24) is 0 Å². The standard InChI is InChI=1S/C4H2S.2BrH.2Mg/c1-2-4-5-3-1;;;;/h1-2H;2*1H;;/q;;;2*+1/p-2. The molecule has 0 saturated carbocycles. The Balaban J connectivity index is 2.74. The highest BCUT2D eigenvalue weighted by molar-refractivity contribution is 9.24. The van der Waals surface area contributed by atoms with Crippen molar-refractivity contribution in [3.63, 3.8) is 0 Å². The molecule has 9 heavy (non-hydrogen) atoms. The minimum Gasteiger partial charge on any atom is -0.295 e. The van der Waals surface area contributed by atoms with E-state index in [1.54, 1.807) is 6.01 Å². The molecule has 0 aliphatic rings. The van der Waals surface area contributed by atoms with Gasteiger partial charge in [0.25, 0.3) is 0 Å². The van der Waals surface area contributed by atoms with Crippen LogP contribution in [-0.4, -0.2) is 36.4 Å². The fraction of sp³-hybridized carbons (Fsp3) is 0. The lowest BCUT2D eigenvalue weighted by atomic mass is 10.7. The van der Waals surface area contributed by atoms with Crippen LogP contribution in [0.1, 0.15) is 0 Å². The molecule has 0 saturated heterocycles. The molecule has 0 spiro atoms. The Morgan fingerprint density at radius 2 is 1.56 bits per heavy atom. The molecule has 42 valence electrons. The molecule has 0 bridgehead atoms. The van der Waals surface area contributed by atoms with E-state index in [1.807, 2.05) is 11.3 Å². The van der Waals surface area contributed by atoms with E-state index in [-0.39, 0.29) is 36.4 Å². The molecular formula is C4H2Br2Mg2S. The molecule has 0 N–H and O–H groups in total. The Morgan fingerprint density at radius 3 is 1.78 bits per heavy atom. The lowest BCUT2D eigenvalue weighted by Gasteiger charge is -1.80. The summed E-state index contributed by atoms with van der Waals surface area (Å²) < 4.78 is 3.13. The van der Waals surface area contributed by atoms with Gasteiger partial charge in [-0.1, -0.05) is 12.1 Å². The van der Waals surface area contributed by atoms with Gasteiger partial charge in [0.1, 0.15) is 0 Å². The molecular weight excluding hydrogens is 289 g/mol. The van der Waals surface area contributed by atoms with E-state index < -0.39 is 0 Å². The SMILES string of the molecule is [Br][Mg][c]1cc[c]([Mg][Br])s1. The minimum atomic E-state index is -0.0648. The maximum absolute atomic E-state index is 3.55. The van der Waals surface area contributed by atoms with Gasteiger partial charge in [-0.15, -0.1) is 6.01 Å². The fourth-order valence-corrected chi connectivity index (χ4v) is 6.93. The second-order valence-corrected chi connectivity index (χ2v) is 9.34. The molecule has 0 unspecified atom stereocenters. The second kappa shape index (κ2) is 4.95. The zero-order valence-corrected chi connectivity index (χ0v) is 11.6. The average molecular weight is 291 g/mol. The molecule has 1 aromatic heterocycles. The molecule has 0 fully saturated rings. The Morgan fingerprint density at radius 1 is 1.11 bits per heavy atom. The number of hydrogen-bond donors (Lipinski definition) is 0. The summed E-state index contributed by atoms with van der Waals surface area (Å²) in [6.45, 7) is 0. The van der Waals surface area contributed by atoms with Crippen molar-refractivity contribution in [3.05, 3.63) is 12.1 Å². The fourth-order valence-electron chi connectivity index (χ4n) is 0.566. The van der Waals surface area contributed by atoms with Crippen LogP contribution in [0.2, 0.25) is 0 Å². The summed E-state index contributed by atoms with van der Waals surface area (Å²) in [4.78, 5) is 0. The summed E-state index contributed by atoms with van der Waals surface area (Å²) in [5, 5.41) is 0. The number of hydrogen-bond acceptors (Lipinski definition) is 1. The smallest absolute Gasteiger partial charge is 0.295 e. The Labute approximate surface area is 90.0 Å².